The number of unbranched alkanes of at least 4 members (excludes halogenated alkanes) is 4. The molecule has 0 saturated carbocycles. The van der Waals surface area contributed by atoms with Gasteiger partial charge in [-0.1, -0.05) is 0 Å². The van der Waals surface area contributed by atoms with E-state index in [-0.39, 0.29) is 12.5 Å². The number of aliphatic hydroxyl groups excluding tert-OH is 1. The van der Waals surface area contributed by atoms with E-state index in [1.165, 1.54) is 0 Å². The summed E-state index contributed by atoms with van der Waals surface area (Å²) in [5.41, 5.74) is 0. The first-order valence-corrected chi connectivity index (χ1v) is 5.62. The number of amides is 1. The first kappa shape index (κ1) is 14.0. The van der Waals surface area contributed by atoms with Crippen molar-refractivity contribution < 1.29 is 9.90 Å². The van der Waals surface area contributed by atoms with E-state index in [1.807, 2.05) is 0 Å². The molecule has 0 heterocycles. The Morgan fingerprint density at radius 2 is 2.00 bits per heavy atom. The van der Waals surface area contributed by atoms with E-state index in [2.05, 4.69) is 11.2 Å². The molecule has 0 aliphatic carbocycles. The van der Waals surface area contributed by atoms with Gasteiger partial charge in [0.15, 0.2) is 0 Å². The van der Waals surface area contributed by atoms with E-state index in [0.29, 0.717) is 13.0 Å². The van der Waals surface area contributed by atoms with Crippen LogP contribution in [0, 0.1) is 12.3 Å². The number of aliphatic hydroxyl groups is 1. The highest BCUT2D eigenvalue weighted by molar-refractivity contribution is 5.75. The normalized spacial score (nSPS) is 9.60. The molecule has 2 N–H and O–H groups in total. The molecule has 15 heavy (non-hydrogen) atoms. The Labute approximate surface area is 92.3 Å². The Kier molecular flexibility index (Phi) is 10.3. The lowest BCUT2D eigenvalue weighted by atomic mass is 10.2. The van der Waals surface area contributed by atoms with Gasteiger partial charge in [-0.25, -0.2) is 0 Å². The average Bonchev–Trinajstić information content (AvgIpc) is 2.24. The summed E-state index contributed by atoms with van der Waals surface area (Å²) in [6.45, 7) is 0.952. The second-order valence-electron chi connectivity index (χ2n) is 3.55. The number of carbonyl (C=O) groups is 1. The van der Waals surface area contributed by atoms with Gasteiger partial charge in [-0.15, -0.1) is 12.3 Å². The lowest BCUT2D eigenvalue weighted by molar-refractivity contribution is -0.121. The lowest BCUT2D eigenvalue weighted by Gasteiger charge is -2.03. The van der Waals surface area contributed by atoms with E-state index < -0.39 is 0 Å². The third-order valence-electron chi connectivity index (χ3n) is 2.13. The molecule has 86 valence electrons. The lowest BCUT2D eigenvalue weighted by Crippen LogP contribution is -2.23. The molecule has 3 nitrogen and oxygen atoms in total. The fourth-order valence-electron chi connectivity index (χ4n) is 1.24. The van der Waals surface area contributed by atoms with Crippen LogP contribution in [0.5, 0.6) is 0 Å². The monoisotopic (exact) mass is 211 g/mol. The summed E-state index contributed by atoms with van der Waals surface area (Å²) >= 11 is 0. The summed E-state index contributed by atoms with van der Waals surface area (Å²) in [6.07, 6.45) is 10.9. The van der Waals surface area contributed by atoms with Crippen molar-refractivity contribution in [2.75, 3.05) is 13.2 Å². The molecule has 0 fully saturated rings. The number of terminal acetylenes is 1. The summed E-state index contributed by atoms with van der Waals surface area (Å²) in [7, 11) is 0. The maximum absolute atomic E-state index is 11.2. The van der Waals surface area contributed by atoms with Gasteiger partial charge in [0.25, 0.3) is 0 Å². The quantitative estimate of drug-likeness (QED) is 0.448. The van der Waals surface area contributed by atoms with Gasteiger partial charge in [-0.05, 0) is 32.1 Å². The highest BCUT2D eigenvalue weighted by Crippen LogP contribution is 1.98. The molecule has 0 spiro atoms. The largest absolute Gasteiger partial charge is 0.396 e. The van der Waals surface area contributed by atoms with Crippen LogP contribution >= 0.6 is 0 Å². The van der Waals surface area contributed by atoms with Crippen molar-refractivity contribution in [2.45, 2.75) is 44.9 Å². The van der Waals surface area contributed by atoms with Crippen LogP contribution in [0.3, 0.4) is 0 Å². The van der Waals surface area contributed by atoms with Crippen LogP contribution in [0.25, 0.3) is 0 Å². The van der Waals surface area contributed by atoms with Gasteiger partial charge in [0.05, 0.1) is 0 Å². The fraction of sp³-hybridized carbons (Fsp3) is 0.750. The van der Waals surface area contributed by atoms with Gasteiger partial charge in [0, 0.05) is 26.0 Å². The van der Waals surface area contributed by atoms with Crippen LogP contribution in [0.15, 0.2) is 0 Å². The van der Waals surface area contributed by atoms with Gasteiger partial charge < -0.3 is 10.4 Å². The minimum atomic E-state index is 0.107. The van der Waals surface area contributed by atoms with Gasteiger partial charge >= 0.3 is 0 Å². The van der Waals surface area contributed by atoms with Gasteiger partial charge in [0.1, 0.15) is 0 Å². The third kappa shape index (κ3) is 10.9. The van der Waals surface area contributed by atoms with Crippen LogP contribution in [0.1, 0.15) is 44.9 Å². The first-order valence-electron chi connectivity index (χ1n) is 5.62. The second kappa shape index (κ2) is 11.1. The van der Waals surface area contributed by atoms with E-state index in [9.17, 15) is 4.79 Å². The fourth-order valence-corrected chi connectivity index (χ4v) is 1.24. The van der Waals surface area contributed by atoms with E-state index in [0.717, 1.165) is 38.5 Å². The zero-order valence-electron chi connectivity index (χ0n) is 9.30. The summed E-state index contributed by atoms with van der Waals surface area (Å²) < 4.78 is 0. The highest BCUT2D eigenvalue weighted by atomic mass is 16.2. The summed E-state index contributed by atoms with van der Waals surface area (Å²) in [6, 6.07) is 0. The molecule has 0 aliphatic rings. The number of carbonyl (C=O) groups excluding carboxylic acids is 1. The number of hydrogen-bond donors (Lipinski definition) is 2. The molecule has 0 aromatic rings. The molecular weight excluding hydrogens is 190 g/mol. The zero-order chi connectivity index (χ0) is 11.4. The van der Waals surface area contributed by atoms with Crippen molar-refractivity contribution in [3.63, 3.8) is 0 Å². The predicted octanol–water partition coefficient (Wildman–Crippen LogP) is 1.46. The van der Waals surface area contributed by atoms with E-state index >= 15 is 0 Å². The molecule has 0 aliphatic heterocycles. The average molecular weight is 211 g/mol. The number of rotatable bonds is 9. The summed E-state index contributed by atoms with van der Waals surface area (Å²) in [5.74, 6) is 2.66. The molecule has 0 rings (SSSR count). The molecule has 3 heteroatoms. The Morgan fingerprint density at radius 1 is 1.20 bits per heavy atom. The minimum Gasteiger partial charge on any atom is -0.396 e. The van der Waals surface area contributed by atoms with Crippen LogP contribution < -0.4 is 5.32 Å². The van der Waals surface area contributed by atoms with E-state index in [4.69, 9.17) is 11.5 Å². The predicted molar refractivity (Wildman–Crippen MR) is 61.2 cm³/mol. The summed E-state index contributed by atoms with van der Waals surface area (Å²) in [4.78, 5) is 11.2. The molecule has 0 aromatic heterocycles. The molecule has 0 bridgehead atoms. The third-order valence-corrected chi connectivity index (χ3v) is 2.13. The number of hydrogen-bond acceptors (Lipinski definition) is 2. The van der Waals surface area contributed by atoms with Crippen LogP contribution in [0.4, 0.5) is 0 Å². The Hall–Kier alpha value is -1.01. The SMILES string of the molecule is C#CCCCCC(=O)NCCCCCO. The summed E-state index contributed by atoms with van der Waals surface area (Å²) in [5, 5.41) is 11.4. The molecule has 0 radical (unpaired) electrons. The molecular formula is C12H21NO2. The van der Waals surface area contributed by atoms with Crippen LogP contribution in [0.2, 0.25) is 0 Å². The van der Waals surface area contributed by atoms with E-state index in [1.54, 1.807) is 0 Å². The highest BCUT2D eigenvalue weighted by Gasteiger charge is 1.99. The maximum atomic E-state index is 11.2. The minimum absolute atomic E-state index is 0.107. The molecule has 0 atom stereocenters. The Balaban J connectivity index is 3.16. The van der Waals surface area contributed by atoms with Crippen molar-refractivity contribution >= 4 is 5.91 Å². The number of nitrogens with one attached hydrogen (secondary N) is 1. The molecule has 0 saturated heterocycles. The van der Waals surface area contributed by atoms with Crippen LogP contribution in [-0.4, -0.2) is 24.2 Å². The Morgan fingerprint density at radius 3 is 2.67 bits per heavy atom. The van der Waals surface area contributed by atoms with Crippen molar-refractivity contribution in [2.24, 2.45) is 0 Å². The van der Waals surface area contributed by atoms with Crippen molar-refractivity contribution in [1.29, 1.82) is 0 Å². The van der Waals surface area contributed by atoms with Crippen LogP contribution in [-0.2, 0) is 4.79 Å². The van der Waals surface area contributed by atoms with Crippen molar-refractivity contribution in [3.8, 4) is 12.3 Å². The van der Waals surface area contributed by atoms with Gasteiger partial charge in [-0.2, -0.15) is 0 Å². The topological polar surface area (TPSA) is 49.3 Å². The first-order chi connectivity index (χ1) is 7.31. The smallest absolute Gasteiger partial charge is 0.219 e. The second-order valence-corrected chi connectivity index (χ2v) is 3.55. The molecule has 0 unspecified atom stereocenters. The molecule has 1 amide bonds. The standard InChI is InChI=1S/C12H21NO2/c1-2-3-4-6-9-12(15)13-10-7-5-8-11-14/h1,14H,3-11H2,(H,13,15). The zero-order valence-corrected chi connectivity index (χ0v) is 9.30. The Bertz CT molecular complexity index is 196. The van der Waals surface area contributed by atoms with Crippen molar-refractivity contribution in [1.82, 2.24) is 5.32 Å². The van der Waals surface area contributed by atoms with Crippen molar-refractivity contribution in [3.05, 3.63) is 0 Å². The van der Waals surface area contributed by atoms with Gasteiger partial charge in [-0.3, -0.25) is 4.79 Å². The maximum Gasteiger partial charge on any atom is 0.219 e. The van der Waals surface area contributed by atoms with Gasteiger partial charge in [0.2, 0.25) is 5.91 Å². The molecule has 0 aromatic carbocycles.